The van der Waals surface area contributed by atoms with Gasteiger partial charge in [0.1, 0.15) is 0 Å². The van der Waals surface area contributed by atoms with E-state index in [0.717, 1.165) is 45.3 Å². The van der Waals surface area contributed by atoms with Gasteiger partial charge in [-0.25, -0.2) is 0 Å². The maximum absolute atomic E-state index is 10.2. The highest BCUT2D eigenvalue weighted by Gasteiger charge is 2.46. The summed E-state index contributed by atoms with van der Waals surface area (Å²) in [4.78, 5) is 2.37. The van der Waals surface area contributed by atoms with Gasteiger partial charge in [-0.3, -0.25) is 0 Å². The van der Waals surface area contributed by atoms with Crippen LogP contribution in [0.2, 0.25) is 0 Å². The number of piperidine rings is 1. The minimum Gasteiger partial charge on any atom is -0.393 e. The monoisotopic (exact) mass is 337 g/mol. The normalized spacial score (nSPS) is 44.3. The van der Waals surface area contributed by atoms with E-state index in [9.17, 15) is 10.2 Å². The topological polar surface area (TPSA) is 52.9 Å². The van der Waals surface area contributed by atoms with Crippen molar-refractivity contribution in [3.63, 3.8) is 0 Å². The molecule has 5 atom stereocenters. The molecule has 2 heterocycles. The van der Waals surface area contributed by atoms with E-state index < -0.39 is 0 Å². The van der Waals surface area contributed by atoms with E-state index in [-0.39, 0.29) is 34.5 Å². The lowest BCUT2D eigenvalue weighted by atomic mass is 9.83. The van der Waals surface area contributed by atoms with Crippen molar-refractivity contribution in [2.75, 3.05) is 26.2 Å². The zero-order chi connectivity index (χ0) is 15.0. The summed E-state index contributed by atoms with van der Waals surface area (Å²) in [5.74, 6) is 0.200. The molecule has 0 radical (unpaired) electrons. The smallest absolute Gasteiger partial charge is 0.0965 e. The zero-order valence-electron chi connectivity index (χ0n) is 12.3. The Morgan fingerprint density at radius 2 is 1.76 bits per heavy atom. The van der Waals surface area contributed by atoms with Crippen LogP contribution < -0.4 is 0 Å². The van der Waals surface area contributed by atoms with Gasteiger partial charge in [-0.1, -0.05) is 0 Å². The van der Waals surface area contributed by atoms with Crippen LogP contribution in [0.25, 0.3) is 0 Å². The molecule has 122 valence electrons. The SMILES string of the molecule is OC1CC(Cl)C(Cl)CC1CN1CCC2(CC1)OCCC2O. The van der Waals surface area contributed by atoms with Crippen LogP contribution in [0.1, 0.15) is 32.1 Å². The van der Waals surface area contributed by atoms with Gasteiger partial charge >= 0.3 is 0 Å². The second kappa shape index (κ2) is 6.50. The average Bonchev–Trinajstić information content (AvgIpc) is 2.80. The standard InChI is InChI=1S/C15H25Cl2NO3/c16-11-7-10(13(19)8-12(11)17)9-18-4-2-15(3-5-18)14(20)1-6-21-15/h10-14,19-20H,1-9H2. The predicted octanol–water partition coefficient (Wildman–Crippen LogP) is 1.59. The number of hydrogen-bond acceptors (Lipinski definition) is 4. The van der Waals surface area contributed by atoms with Gasteiger partial charge in [0.05, 0.1) is 35.2 Å². The number of aliphatic hydroxyl groups excluding tert-OH is 2. The Balaban J connectivity index is 1.51. The van der Waals surface area contributed by atoms with Crippen LogP contribution in [-0.4, -0.2) is 69.9 Å². The highest BCUT2D eigenvalue weighted by molar-refractivity contribution is 6.30. The number of hydrogen-bond donors (Lipinski definition) is 2. The molecule has 21 heavy (non-hydrogen) atoms. The lowest BCUT2D eigenvalue weighted by Gasteiger charge is -2.43. The molecule has 2 saturated heterocycles. The first-order chi connectivity index (χ1) is 10.00. The molecule has 3 aliphatic rings. The fraction of sp³-hybridized carbons (Fsp3) is 1.00. The summed E-state index contributed by atoms with van der Waals surface area (Å²) in [5.41, 5.74) is -0.308. The summed E-state index contributed by atoms with van der Waals surface area (Å²) in [6, 6.07) is 0. The molecule has 6 heteroatoms. The summed E-state index contributed by atoms with van der Waals surface area (Å²) < 4.78 is 5.82. The largest absolute Gasteiger partial charge is 0.393 e. The Morgan fingerprint density at radius 3 is 2.38 bits per heavy atom. The van der Waals surface area contributed by atoms with Crippen LogP contribution >= 0.6 is 23.2 Å². The summed E-state index contributed by atoms with van der Waals surface area (Å²) >= 11 is 12.4. The fourth-order valence-corrected chi connectivity index (χ4v) is 4.63. The van der Waals surface area contributed by atoms with Gasteiger partial charge < -0.3 is 19.8 Å². The quantitative estimate of drug-likeness (QED) is 0.751. The van der Waals surface area contributed by atoms with Crippen molar-refractivity contribution in [3.05, 3.63) is 0 Å². The van der Waals surface area contributed by atoms with Crippen molar-refractivity contribution in [2.45, 2.75) is 60.7 Å². The number of aliphatic hydroxyl groups is 2. The molecule has 0 amide bonds. The van der Waals surface area contributed by atoms with E-state index in [0.29, 0.717) is 13.0 Å². The number of halogens is 2. The third-order valence-corrected chi connectivity index (χ3v) is 6.61. The second-order valence-corrected chi connectivity index (χ2v) is 7.97. The average molecular weight is 338 g/mol. The first-order valence-corrected chi connectivity index (χ1v) is 8.88. The number of likely N-dealkylation sites (tertiary alicyclic amines) is 1. The van der Waals surface area contributed by atoms with E-state index in [4.69, 9.17) is 27.9 Å². The second-order valence-electron chi connectivity index (χ2n) is 6.85. The van der Waals surface area contributed by atoms with Crippen LogP contribution in [0.3, 0.4) is 0 Å². The van der Waals surface area contributed by atoms with Crippen molar-refractivity contribution in [1.82, 2.24) is 4.90 Å². The maximum atomic E-state index is 10.2. The van der Waals surface area contributed by atoms with E-state index >= 15 is 0 Å². The number of alkyl halides is 2. The molecule has 0 bridgehead atoms. The number of ether oxygens (including phenoxy) is 1. The van der Waals surface area contributed by atoms with Crippen LogP contribution in [0.15, 0.2) is 0 Å². The maximum Gasteiger partial charge on any atom is 0.0965 e. The first kappa shape index (κ1) is 16.3. The van der Waals surface area contributed by atoms with E-state index in [1.807, 2.05) is 0 Å². The van der Waals surface area contributed by atoms with E-state index in [1.54, 1.807) is 0 Å². The lowest BCUT2D eigenvalue weighted by Crippen LogP contribution is -2.52. The first-order valence-electron chi connectivity index (χ1n) is 8.01. The third-order valence-electron chi connectivity index (χ3n) is 5.51. The number of nitrogens with zero attached hydrogens (tertiary/aromatic N) is 1. The molecule has 2 aliphatic heterocycles. The Bertz CT molecular complexity index is 363. The lowest BCUT2D eigenvalue weighted by molar-refractivity contribution is -0.0975. The molecule has 5 unspecified atom stereocenters. The van der Waals surface area contributed by atoms with E-state index in [2.05, 4.69) is 4.90 Å². The highest BCUT2D eigenvalue weighted by Crippen LogP contribution is 2.37. The van der Waals surface area contributed by atoms with Crippen molar-refractivity contribution in [2.24, 2.45) is 5.92 Å². The van der Waals surface area contributed by atoms with Gasteiger partial charge in [-0.05, 0) is 38.0 Å². The van der Waals surface area contributed by atoms with Crippen molar-refractivity contribution in [3.8, 4) is 0 Å². The Morgan fingerprint density at radius 1 is 1.10 bits per heavy atom. The Labute approximate surface area is 136 Å². The van der Waals surface area contributed by atoms with Crippen LogP contribution in [0.4, 0.5) is 0 Å². The predicted molar refractivity (Wildman–Crippen MR) is 83.0 cm³/mol. The van der Waals surface area contributed by atoms with Gasteiger partial charge in [0.15, 0.2) is 0 Å². The molecular formula is C15H25Cl2NO3. The summed E-state index contributed by atoms with van der Waals surface area (Å²) in [5, 5.41) is 20.1. The van der Waals surface area contributed by atoms with Crippen molar-refractivity contribution >= 4 is 23.2 Å². The molecule has 2 N–H and O–H groups in total. The fourth-order valence-electron chi connectivity index (χ4n) is 4.02. The molecule has 4 nitrogen and oxygen atoms in total. The van der Waals surface area contributed by atoms with Gasteiger partial charge in [0.2, 0.25) is 0 Å². The molecule has 3 fully saturated rings. The molecule has 0 aromatic rings. The highest BCUT2D eigenvalue weighted by atomic mass is 35.5. The van der Waals surface area contributed by atoms with Crippen molar-refractivity contribution in [1.29, 1.82) is 0 Å². The van der Waals surface area contributed by atoms with Crippen LogP contribution in [-0.2, 0) is 4.74 Å². The molecule has 3 rings (SSSR count). The molecule has 0 aromatic heterocycles. The van der Waals surface area contributed by atoms with E-state index in [1.165, 1.54) is 0 Å². The Kier molecular flexibility index (Phi) is 5.04. The third kappa shape index (κ3) is 3.36. The number of rotatable bonds is 2. The van der Waals surface area contributed by atoms with Crippen LogP contribution in [0.5, 0.6) is 0 Å². The molecule has 1 aliphatic carbocycles. The van der Waals surface area contributed by atoms with Crippen LogP contribution in [0, 0.1) is 5.92 Å². The molecule has 0 aromatic carbocycles. The van der Waals surface area contributed by atoms with Gasteiger partial charge in [-0.15, -0.1) is 23.2 Å². The summed E-state index contributed by atoms with van der Waals surface area (Å²) in [7, 11) is 0. The minimum atomic E-state index is -0.355. The molecule has 1 spiro atoms. The van der Waals surface area contributed by atoms with Gasteiger partial charge in [-0.2, -0.15) is 0 Å². The molecule has 1 saturated carbocycles. The minimum absolute atomic E-state index is 0.0452. The van der Waals surface area contributed by atoms with Gasteiger partial charge in [0, 0.05) is 19.6 Å². The van der Waals surface area contributed by atoms with Crippen molar-refractivity contribution < 1.29 is 14.9 Å². The van der Waals surface area contributed by atoms with Gasteiger partial charge in [0.25, 0.3) is 0 Å². The zero-order valence-corrected chi connectivity index (χ0v) is 13.8. The summed E-state index contributed by atoms with van der Waals surface area (Å²) in [6.45, 7) is 3.36. The Hall–Kier alpha value is 0.420. The molecular weight excluding hydrogens is 313 g/mol. The summed E-state index contributed by atoms with van der Waals surface area (Å²) in [6.07, 6.45) is 3.19.